The molecule has 0 aromatic heterocycles. The SMILES string of the molecule is CCCC1CCC(c2ccc3c(c2F)C(F)(F)OC(CCC)C3)CC1. The van der Waals surface area contributed by atoms with Crippen molar-refractivity contribution >= 4 is 0 Å². The van der Waals surface area contributed by atoms with Crippen LogP contribution in [0.1, 0.15) is 87.8 Å². The third kappa shape index (κ3) is 3.89. The predicted octanol–water partition coefficient (Wildman–Crippen LogP) is 6.69. The molecule has 2 aliphatic rings. The molecule has 0 radical (unpaired) electrons. The van der Waals surface area contributed by atoms with Gasteiger partial charge in [0, 0.05) is 0 Å². The first kappa shape index (κ1) is 18.8. The molecule has 1 nitrogen and oxygen atoms in total. The molecule has 1 aromatic rings. The molecule has 25 heavy (non-hydrogen) atoms. The Bertz CT molecular complexity index is 591. The second-order valence-electron chi connectivity index (χ2n) is 7.76. The summed E-state index contributed by atoms with van der Waals surface area (Å²) in [5.74, 6) is 0.0421. The third-order valence-corrected chi connectivity index (χ3v) is 5.91. The number of ether oxygens (including phenoxy) is 1. The van der Waals surface area contributed by atoms with Crippen molar-refractivity contribution in [2.75, 3.05) is 0 Å². The van der Waals surface area contributed by atoms with Gasteiger partial charge in [0.1, 0.15) is 5.82 Å². The molecular weight excluding hydrogens is 325 g/mol. The van der Waals surface area contributed by atoms with Crippen molar-refractivity contribution in [1.29, 1.82) is 0 Å². The number of hydrogen-bond donors (Lipinski definition) is 0. The Morgan fingerprint density at radius 3 is 2.36 bits per heavy atom. The van der Waals surface area contributed by atoms with Crippen LogP contribution in [-0.4, -0.2) is 6.10 Å². The zero-order valence-electron chi connectivity index (χ0n) is 15.3. The monoisotopic (exact) mass is 354 g/mol. The molecule has 1 aliphatic carbocycles. The lowest BCUT2D eigenvalue weighted by Gasteiger charge is -2.34. The molecular formula is C21H29F3O. The summed E-state index contributed by atoms with van der Waals surface area (Å²) in [5.41, 5.74) is 0.370. The van der Waals surface area contributed by atoms with Crippen LogP contribution in [0.5, 0.6) is 0 Å². The van der Waals surface area contributed by atoms with Gasteiger partial charge in [0.05, 0.1) is 11.7 Å². The quantitative estimate of drug-likeness (QED) is 0.572. The summed E-state index contributed by atoms with van der Waals surface area (Å²) in [7, 11) is 0. The molecule has 1 aliphatic heterocycles. The molecule has 4 heteroatoms. The van der Waals surface area contributed by atoms with Crippen LogP contribution < -0.4 is 0 Å². The number of alkyl halides is 2. The minimum absolute atomic E-state index is 0.0579. The van der Waals surface area contributed by atoms with Crippen molar-refractivity contribution in [2.24, 2.45) is 5.92 Å². The van der Waals surface area contributed by atoms with Gasteiger partial charge in [-0.3, -0.25) is 0 Å². The summed E-state index contributed by atoms with van der Waals surface area (Å²) >= 11 is 0. The molecule has 1 heterocycles. The maximum Gasteiger partial charge on any atom is 0.386 e. The zero-order valence-corrected chi connectivity index (χ0v) is 15.3. The fourth-order valence-corrected chi connectivity index (χ4v) is 4.64. The molecule has 0 amide bonds. The lowest BCUT2D eigenvalue weighted by Crippen LogP contribution is -2.35. The highest BCUT2D eigenvalue weighted by Gasteiger charge is 2.45. The fourth-order valence-electron chi connectivity index (χ4n) is 4.64. The molecule has 0 N–H and O–H groups in total. The summed E-state index contributed by atoms with van der Waals surface area (Å²) in [6.07, 6.45) is 3.98. The van der Waals surface area contributed by atoms with Crippen LogP contribution in [-0.2, 0) is 17.3 Å². The van der Waals surface area contributed by atoms with E-state index < -0.39 is 23.6 Å². The van der Waals surface area contributed by atoms with Crippen molar-refractivity contribution in [3.05, 3.63) is 34.6 Å². The van der Waals surface area contributed by atoms with Gasteiger partial charge in [-0.1, -0.05) is 45.2 Å². The first-order valence-corrected chi connectivity index (χ1v) is 9.83. The second-order valence-corrected chi connectivity index (χ2v) is 7.76. The highest BCUT2D eigenvalue weighted by atomic mass is 19.3. The molecule has 1 aromatic carbocycles. The Labute approximate surface area is 149 Å². The van der Waals surface area contributed by atoms with Crippen molar-refractivity contribution in [2.45, 2.75) is 89.8 Å². The van der Waals surface area contributed by atoms with E-state index in [1.165, 1.54) is 12.8 Å². The third-order valence-electron chi connectivity index (χ3n) is 5.91. The molecule has 3 rings (SSSR count). The first-order chi connectivity index (χ1) is 12.0. The average Bonchev–Trinajstić information content (AvgIpc) is 2.55. The van der Waals surface area contributed by atoms with Crippen LogP contribution in [0.15, 0.2) is 12.1 Å². The van der Waals surface area contributed by atoms with Gasteiger partial charge in [-0.15, -0.1) is 0 Å². The molecule has 1 fully saturated rings. The Hall–Kier alpha value is -1.03. The summed E-state index contributed by atoms with van der Waals surface area (Å²) in [5, 5.41) is 0. The minimum atomic E-state index is -3.52. The van der Waals surface area contributed by atoms with E-state index in [-0.39, 0.29) is 5.92 Å². The second kappa shape index (κ2) is 7.69. The summed E-state index contributed by atoms with van der Waals surface area (Å²) < 4.78 is 48.9. The van der Waals surface area contributed by atoms with E-state index in [4.69, 9.17) is 4.74 Å². The maximum atomic E-state index is 15.0. The molecule has 1 saturated carbocycles. The van der Waals surface area contributed by atoms with E-state index >= 15 is 4.39 Å². The van der Waals surface area contributed by atoms with Crippen LogP contribution in [0.25, 0.3) is 0 Å². The van der Waals surface area contributed by atoms with Crippen molar-refractivity contribution < 1.29 is 17.9 Å². The van der Waals surface area contributed by atoms with Crippen molar-refractivity contribution in [1.82, 2.24) is 0 Å². The smallest absolute Gasteiger partial charge is 0.313 e. The summed E-state index contributed by atoms with van der Waals surface area (Å²) in [6, 6.07) is 3.47. The van der Waals surface area contributed by atoms with Gasteiger partial charge in [-0.2, -0.15) is 8.78 Å². The molecule has 140 valence electrons. The number of fused-ring (bicyclic) bond motifs is 1. The minimum Gasteiger partial charge on any atom is -0.313 e. The topological polar surface area (TPSA) is 9.23 Å². The lowest BCUT2D eigenvalue weighted by atomic mass is 9.76. The van der Waals surface area contributed by atoms with Gasteiger partial charge in [-0.25, -0.2) is 4.39 Å². The van der Waals surface area contributed by atoms with Gasteiger partial charge < -0.3 is 4.74 Å². The fraction of sp³-hybridized carbons (Fsp3) is 0.714. The van der Waals surface area contributed by atoms with Crippen molar-refractivity contribution in [3.63, 3.8) is 0 Å². The van der Waals surface area contributed by atoms with E-state index in [0.29, 0.717) is 29.9 Å². The normalized spacial score (nSPS) is 28.6. The Morgan fingerprint density at radius 1 is 1.04 bits per heavy atom. The van der Waals surface area contributed by atoms with E-state index in [0.717, 1.165) is 32.1 Å². The highest BCUT2D eigenvalue weighted by Crippen LogP contribution is 2.45. The molecule has 1 atom stereocenters. The Balaban J connectivity index is 1.83. The van der Waals surface area contributed by atoms with E-state index in [1.807, 2.05) is 6.92 Å². The van der Waals surface area contributed by atoms with E-state index in [9.17, 15) is 8.78 Å². The Morgan fingerprint density at radius 2 is 1.72 bits per heavy atom. The zero-order chi connectivity index (χ0) is 18.0. The van der Waals surface area contributed by atoms with Crippen LogP contribution in [0.2, 0.25) is 0 Å². The van der Waals surface area contributed by atoms with E-state index in [2.05, 4.69) is 6.92 Å². The van der Waals surface area contributed by atoms with Gasteiger partial charge >= 0.3 is 6.11 Å². The first-order valence-electron chi connectivity index (χ1n) is 9.83. The largest absolute Gasteiger partial charge is 0.386 e. The molecule has 0 spiro atoms. The van der Waals surface area contributed by atoms with Crippen molar-refractivity contribution in [3.8, 4) is 0 Å². The predicted molar refractivity (Wildman–Crippen MR) is 93.4 cm³/mol. The molecule has 0 saturated heterocycles. The number of benzene rings is 1. The van der Waals surface area contributed by atoms with Gasteiger partial charge in [-0.05, 0) is 61.5 Å². The van der Waals surface area contributed by atoms with Gasteiger partial charge in [0.25, 0.3) is 0 Å². The van der Waals surface area contributed by atoms with Gasteiger partial charge in [0.15, 0.2) is 0 Å². The molecule has 1 unspecified atom stereocenters. The Kier molecular flexibility index (Phi) is 5.77. The number of rotatable bonds is 5. The molecule has 0 bridgehead atoms. The number of halogens is 3. The average molecular weight is 354 g/mol. The maximum absolute atomic E-state index is 15.0. The highest BCUT2D eigenvalue weighted by molar-refractivity contribution is 5.39. The summed E-state index contributed by atoms with van der Waals surface area (Å²) in [4.78, 5) is 0. The summed E-state index contributed by atoms with van der Waals surface area (Å²) in [6.45, 7) is 4.12. The van der Waals surface area contributed by atoms with E-state index in [1.54, 1.807) is 12.1 Å². The van der Waals surface area contributed by atoms with Gasteiger partial charge in [0.2, 0.25) is 0 Å². The van der Waals surface area contributed by atoms with Crippen LogP contribution >= 0.6 is 0 Å². The lowest BCUT2D eigenvalue weighted by molar-refractivity contribution is -0.283. The van der Waals surface area contributed by atoms with Crippen LogP contribution in [0.4, 0.5) is 13.2 Å². The standard InChI is InChI=1S/C21H29F3O/c1-3-5-14-7-9-15(10-8-14)18-12-11-16-13-17(6-4-2)25-21(23,24)19(16)20(18)22/h11-12,14-15,17H,3-10,13H2,1-2H3. The van der Waals surface area contributed by atoms with Crippen LogP contribution in [0.3, 0.4) is 0 Å². The van der Waals surface area contributed by atoms with Crippen LogP contribution in [0, 0.1) is 11.7 Å². The number of hydrogen-bond acceptors (Lipinski definition) is 1.